The van der Waals surface area contributed by atoms with Gasteiger partial charge in [0.2, 0.25) is 17.7 Å². The molecule has 3 N–H and O–H groups in total. The second kappa shape index (κ2) is 12.3. The molecule has 3 aliphatic heterocycles. The first-order valence-electron chi connectivity index (χ1n) is 14.9. The Hall–Kier alpha value is -5.05. The highest BCUT2D eigenvalue weighted by molar-refractivity contribution is 5.99. The maximum absolute atomic E-state index is 13.3. The van der Waals surface area contributed by atoms with Crippen molar-refractivity contribution in [2.45, 2.75) is 44.6 Å². The Kier molecular flexibility index (Phi) is 8.11. The molecule has 6 rings (SSSR count). The number of carbonyl (C=O) groups is 4. The molecule has 226 valence electrons. The lowest BCUT2D eigenvalue weighted by Crippen LogP contribution is -2.45. The Balaban J connectivity index is 1.04. The summed E-state index contributed by atoms with van der Waals surface area (Å²) in [6.07, 6.45) is 3.42. The predicted molar refractivity (Wildman–Crippen MR) is 161 cm³/mol. The van der Waals surface area contributed by atoms with Gasteiger partial charge in [0.05, 0.1) is 5.39 Å². The molecular weight excluding hydrogens is 562 g/mol. The van der Waals surface area contributed by atoms with Crippen LogP contribution in [-0.4, -0.2) is 69.7 Å². The van der Waals surface area contributed by atoms with Gasteiger partial charge in [0.25, 0.3) is 11.5 Å². The molecule has 3 saturated heterocycles. The van der Waals surface area contributed by atoms with Crippen molar-refractivity contribution in [1.82, 2.24) is 25.2 Å². The van der Waals surface area contributed by atoms with Crippen molar-refractivity contribution in [3.63, 3.8) is 0 Å². The first-order valence-corrected chi connectivity index (χ1v) is 14.9. The Morgan fingerprint density at radius 1 is 0.909 bits per heavy atom. The van der Waals surface area contributed by atoms with E-state index in [1.54, 1.807) is 36.4 Å². The van der Waals surface area contributed by atoms with E-state index in [1.165, 1.54) is 0 Å². The number of anilines is 1. The highest BCUT2D eigenvalue weighted by atomic mass is 16.2. The molecule has 0 spiro atoms. The van der Waals surface area contributed by atoms with Crippen molar-refractivity contribution in [2.75, 3.05) is 31.1 Å². The smallest absolute Gasteiger partial charge is 0.278 e. The summed E-state index contributed by atoms with van der Waals surface area (Å²) in [7, 11) is 0. The molecule has 1 unspecified atom stereocenters. The molecule has 0 bridgehead atoms. The highest BCUT2D eigenvalue weighted by Gasteiger charge is 2.32. The highest BCUT2D eigenvalue weighted by Crippen LogP contribution is 2.28. The lowest BCUT2D eigenvalue weighted by Gasteiger charge is -2.37. The van der Waals surface area contributed by atoms with E-state index in [0.29, 0.717) is 55.5 Å². The molecule has 12 heteroatoms. The number of fused-ring (bicyclic) bond motifs is 1. The van der Waals surface area contributed by atoms with E-state index >= 15 is 0 Å². The maximum Gasteiger partial charge on any atom is 0.278 e. The van der Waals surface area contributed by atoms with Crippen LogP contribution in [-0.2, 0) is 14.4 Å². The van der Waals surface area contributed by atoms with Crippen LogP contribution in [0.2, 0.25) is 0 Å². The van der Waals surface area contributed by atoms with E-state index in [-0.39, 0.29) is 36.5 Å². The van der Waals surface area contributed by atoms with Crippen molar-refractivity contribution in [3.05, 3.63) is 63.9 Å². The van der Waals surface area contributed by atoms with Gasteiger partial charge in [0.15, 0.2) is 0 Å². The van der Waals surface area contributed by atoms with Gasteiger partial charge in [-0.1, -0.05) is 17.1 Å². The van der Waals surface area contributed by atoms with Crippen LogP contribution in [0.5, 0.6) is 0 Å². The minimum atomic E-state index is -0.874. The minimum absolute atomic E-state index is 0.0475. The largest absolute Gasteiger partial charge is 0.371 e. The number of hydrogen-bond donors (Lipinski definition) is 2. The molecule has 1 atom stereocenters. The van der Waals surface area contributed by atoms with Gasteiger partial charge in [-0.2, -0.15) is 4.68 Å². The number of primary amides is 1. The quantitative estimate of drug-likeness (QED) is 0.338. The van der Waals surface area contributed by atoms with Crippen LogP contribution < -0.4 is 21.5 Å². The standard InChI is InChI=1S/C32H33N7O5/c33-29(41)22-5-3-20(4-6-22)1-2-21-11-15-38(16-12-21)31(43)23-13-17-37(18-14-23)24-7-8-26-25(19-24)32(44)39(36-35-26)27-9-10-28(40)34-30(27)42/h3-8,19,21,23,27H,9-18H2,(H2,33,41)(H,34,40,42). The third kappa shape index (κ3) is 6.04. The van der Waals surface area contributed by atoms with Crippen molar-refractivity contribution in [2.24, 2.45) is 17.6 Å². The zero-order valence-corrected chi connectivity index (χ0v) is 24.2. The number of likely N-dealkylation sites (tertiary alicyclic amines) is 1. The monoisotopic (exact) mass is 595 g/mol. The molecule has 3 fully saturated rings. The molecule has 4 amide bonds. The fourth-order valence-corrected chi connectivity index (χ4v) is 6.15. The summed E-state index contributed by atoms with van der Waals surface area (Å²) in [5.74, 6) is 5.48. The number of imide groups is 1. The third-order valence-electron chi connectivity index (χ3n) is 8.78. The second-order valence-electron chi connectivity index (χ2n) is 11.6. The van der Waals surface area contributed by atoms with Crippen molar-refractivity contribution >= 4 is 40.2 Å². The molecule has 3 aromatic rings. The third-order valence-corrected chi connectivity index (χ3v) is 8.78. The van der Waals surface area contributed by atoms with Crippen LogP contribution in [0.25, 0.3) is 10.9 Å². The number of aromatic nitrogens is 3. The Bertz CT molecular complexity index is 1740. The predicted octanol–water partition coefficient (Wildman–Crippen LogP) is 1.37. The van der Waals surface area contributed by atoms with Gasteiger partial charge in [0.1, 0.15) is 11.6 Å². The van der Waals surface area contributed by atoms with Crippen molar-refractivity contribution in [1.29, 1.82) is 0 Å². The van der Waals surface area contributed by atoms with Crippen molar-refractivity contribution < 1.29 is 19.2 Å². The first-order chi connectivity index (χ1) is 21.3. The summed E-state index contributed by atoms with van der Waals surface area (Å²) >= 11 is 0. The number of nitrogens with two attached hydrogens (primary N) is 1. The van der Waals surface area contributed by atoms with Crippen molar-refractivity contribution in [3.8, 4) is 11.8 Å². The number of carbonyl (C=O) groups excluding carboxylic acids is 4. The maximum atomic E-state index is 13.3. The molecule has 3 aliphatic rings. The van der Waals surface area contributed by atoms with E-state index in [2.05, 4.69) is 32.4 Å². The lowest BCUT2D eigenvalue weighted by atomic mass is 9.92. The summed E-state index contributed by atoms with van der Waals surface area (Å²) in [6.45, 7) is 2.73. The number of amides is 4. The summed E-state index contributed by atoms with van der Waals surface area (Å²) in [5, 5.41) is 10.7. The Morgan fingerprint density at radius 3 is 2.32 bits per heavy atom. The van der Waals surface area contributed by atoms with Gasteiger partial charge in [-0.3, -0.25) is 29.3 Å². The van der Waals surface area contributed by atoms with Crippen LogP contribution in [0.1, 0.15) is 60.5 Å². The van der Waals surface area contributed by atoms with Gasteiger partial charge in [-0.25, -0.2) is 0 Å². The van der Waals surface area contributed by atoms with Gasteiger partial charge >= 0.3 is 0 Å². The molecule has 4 heterocycles. The van der Waals surface area contributed by atoms with Gasteiger partial charge in [0, 0.05) is 61.2 Å². The number of nitrogens with one attached hydrogen (secondary N) is 1. The molecular formula is C32H33N7O5. The number of nitrogens with zero attached hydrogens (tertiary/aromatic N) is 5. The fourth-order valence-electron chi connectivity index (χ4n) is 6.15. The lowest BCUT2D eigenvalue weighted by molar-refractivity contribution is -0.138. The average molecular weight is 596 g/mol. The van der Waals surface area contributed by atoms with E-state index in [4.69, 9.17) is 5.73 Å². The van der Waals surface area contributed by atoms with E-state index in [9.17, 15) is 24.0 Å². The van der Waals surface area contributed by atoms with Gasteiger partial charge in [-0.15, -0.1) is 5.10 Å². The number of rotatable bonds is 4. The van der Waals surface area contributed by atoms with Crippen LogP contribution in [0.3, 0.4) is 0 Å². The SMILES string of the molecule is NC(=O)c1ccc(C#CC2CCN(C(=O)C3CCN(c4ccc5nnn(C6CCC(=O)NC6=O)c(=O)c5c4)CC3)CC2)cc1. The van der Waals surface area contributed by atoms with Crippen LogP contribution in [0.15, 0.2) is 47.3 Å². The topological polar surface area (TPSA) is 161 Å². The molecule has 0 saturated carbocycles. The molecule has 1 aromatic heterocycles. The van der Waals surface area contributed by atoms with Crippen LogP contribution in [0, 0.1) is 23.7 Å². The molecule has 44 heavy (non-hydrogen) atoms. The molecule has 12 nitrogen and oxygen atoms in total. The summed E-state index contributed by atoms with van der Waals surface area (Å²) in [4.78, 5) is 65.8. The first kappa shape index (κ1) is 29.0. The van der Waals surface area contributed by atoms with Crippen LogP contribution >= 0.6 is 0 Å². The molecule has 2 aromatic carbocycles. The zero-order chi connectivity index (χ0) is 30.8. The van der Waals surface area contributed by atoms with Crippen LogP contribution in [0.4, 0.5) is 5.69 Å². The van der Waals surface area contributed by atoms with E-state index in [0.717, 1.165) is 28.8 Å². The summed E-state index contributed by atoms with van der Waals surface area (Å²) in [6, 6.07) is 11.5. The Morgan fingerprint density at radius 2 is 1.64 bits per heavy atom. The summed E-state index contributed by atoms with van der Waals surface area (Å²) < 4.78 is 1.07. The molecule has 0 radical (unpaired) electrons. The van der Waals surface area contributed by atoms with Gasteiger partial charge < -0.3 is 15.5 Å². The fraction of sp³-hybridized carbons (Fsp3) is 0.406. The summed E-state index contributed by atoms with van der Waals surface area (Å²) in [5.41, 5.74) is 7.44. The van der Waals surface area contributed by atoms with E-state index in [1.807, 2.05) is 11.0 Å². The minimum Gasteiger partial charge on any atom is -0.371 e. The number of benzene rings is 2. The second-order valence-corrected chi connectivity index (χ2v) is 11.6. The number of piperidine rings is 3. The molecule has 0 aliphatic carbocycles. The number of hydrogen-bond acceptors (Lipinski definition) is 8. The normalized spacial score (nSPS) is 19.8. The zero-order valence-electron chi connectivity index (χ0n) is 24.2. The van der Waals surface area contributed by atoms with Gasteiger partial charge in [-0.05, 0) is 74.6 Å². The van der Waals surface area contributed by atoms with E-state index < -0.39 is 23.4 Å². The average Bonchev–Trinajstić information content (AvgIpc) is 3.04. The Labute approximate surface area is 253 Å².